The Labute approximate surface area is 228 Å². The van der Waals surface area contributed by atoms with Gasteiger partial charge in [0.15, 0.2) is 0 Å². The quantitative estimate of drug-likeness (QED) is 0.281. The molecule has 0 bridgehead atoms. The summed E-state index contributed by atoms with van der Waals surface area (Å²) in [7, 11) is -2.74. The topological polar surface area (TPSA) is 120 Å². The lowest BCUT2D eigenvalue weighted by molar-refractivity contribution is 0.237. The lowest BCUT2D eigenvalue weighted by Gasteiger charge is -2.21. The highest BCUT2D eigenvalue weighted by Gasteiger charge is 2.26. The molecule has 39 heavy (non-hydrogen) atoms. The normalized spacial score (nSPS) is 11.6. The van der Waals surface area contributed by atoms with Crippen LogP contribution in [0.3, 0.4) is 0 Å². The molecule has 0 saturated heterocycles. The van der Waals surface area contributed by atoms with Crippen molar-refractivity contribution in [3.63, 3.8) is 0 Å². The van der Waals surface area contributed by atoms with Gasteiger partial charge in [-0.05, 0) is 87.7 Å². The fourth-order valence-electron chi connectivity index (χ4n) is 4.05. The summed E-state index contributed by atoms with van der Waals surface area (Å²) in [5.74, 6) is 1.75. The molecule has 0 spiro atoms. The van der Waals surface area contributed by atoms with Crippen molar-refractivity contribution in [2.45, 2.75) is 45.1 Å². The van der Waals surface area contributed by atoms with Gasteiger partial charge < -0.3 is 19.3 Å². The van der Waals surface area contributed by atoms with Crippen molar-refractivity contribution in [2.24, 2.45) is 0 Å². The minimum absolute atomic E-state index is 0.0495. The number of nitrogens with one attached hydrogen (secondary N) is 2. The van der Waals surface area contributed by atoms with Crippen molar-refractivity contribution in [1.82, 2.24) is 15.2 Å². The lowest BCUT2D eigenvalue weighted by atomic mass is 10.0. The van der Waals surface area contributed by atoms with Crippen molar-refractivity contribution < 1.29 is 27.2 Å². The zero-order valence-electron chi connectivity index (χ0n) is 22.7. The number of sulfonamides is 1. The van der Waals surface area contributed by atoms with E-state index < -0.39 is 21.6 Å². The van der Waals surface area contributed by atoms with Crippen LogP contribution in [0, 0.1) is 13.8 Å². The Kier molecular flexibility index (Phi) is 7.69. The fraction of sp³-hybridized carbons (Fsp3) is 0.241. The van der Waals surface area contributed by atoms with E-state index in [0.717, 1.165) is 16.9 Å². The monoisotopic (exact) mass is 549 g/mol. The number of aryl methyl sites for hydroxylation is 2. The summed E-state index contributed by atoms with van der Waals surface area (Å²) in [6, 6.07) is 18.7. The molecule has 204 valence electrons. The SMILES string of the molecule is COc1ccc(-c2cccc(Oc3ccc(-c4c(C)noc4C)cc3S(=O)(=O)NC(=O)NC(C)(C)C)c2)cc1. The summed E-state index contributed by atoms with van der Waals surface area (Å²) in [6.45, 7) is 8.77. The van der Waals surface area contributed by atoms with Gasteiger partial charge in [0.2, 0.25) is 0 Å². The average Bonchev–Trinajstić information content (AvgIpc) is 3.20. The number of urea groups is 1. The van der Waals surface area contributed by atoms with Crippen LogP contribution in [-0.4, -0.2) is 32.3 Å². The number of nitrogens with zero attached hydrogens (tertiary/aromatic N) is 1. The third-order valence-electron chi connectivity index (χ3n) is 5.76. The molecule has 0 aliphatic heterocycles. The summed E-state index contributed by atoms with van der Waals surface area (Å²) in [4.78, 5) is 12.3. The summed E-state index contributed by atoms with van der Waals surface area (Å²) >= 11 is 0. The minimum atomic E-state index is -4.34. The molecule has 2 amide bonds. The van der Waals surface area contributed by atoms with Gasteiger partial charge in [0.1, 0.15) is 27.9 Å². The number of hydrogen-bond acceptors (Lipinski definition) is 7. The summed E-state index contributed by atoms with van der Waals surface area (Å²) in [5.41, 5.74) is 2.99. The number of ether oxygens (including phenoxy) is 2. The van der Waals surface area contributed by atoms with Crippen molar-refractivity contribution in [2.75, 3.05) is 7.11 Å². The van der Waals surface area contributed by atoms with Gasteiger partial charge in [0.05, 0.1) is 12.8 Å². The highest BCUT2D eigenvalue weighted by Crippen LogP contribution is 2.36. The predicted molar refractivity (Wildman–Crippen MR) is 149 cm³/mol. The molecule has 0 atom stereocenters. The molecule has 9 nitrogen and oxygen atoms in total. The van der Waals surface area contributed by atoms with Crippen LogP contribution in [0.4, 0.5) is 4.79 Å². The second-order valence-corrected chi connectivity index (χ2v) is 11.7. The molecule has 0 radical (unpaired) electrons. The maximum Gasteiger partial charge on any atom is 0.329 e. The van der Waals surface area contributed by atoms with Crippen LogP contribution >= 0.6 is 0 Å². The first-order chi connectivity index (χ1) is 18.4. The summed E-state index contributed by atoms with van der Waals surface area (Å²) in [5, 5.41) is 6.57. The van der Waals surface area contributed by atoms with Crippen molar-refractivity contribution >= 4 is 16.1 Å². The molecule has 3 aromatic carbocycles. The van der Waals surface area contributed by atoms with Crippen LogP contribution in [0.25, 0.3) is 22.3 Å². The molecule has 0 unspecified atom stereocenters. The standard InChI is InChI=1S/C29H31N3O6S/c1-18-27(19(2)38-31-18)22-12-15-25(26(17-22)39(34,35)32-28(33)30-29(3,4)5)37-24-9-7-8-21(16-24)20-10-13-23(36-6)14-11-20/h7-17H,1-6H3,(H2,30,32,33). The molecule has 2 N–H and O–H groups in total. The van der Waals surface area contributed by atoms with Crippen LogP contribution in [0.1, 0.15) is 32.2 Å². The van der Waals surface area contributed by atoms with Gasteiger partial charge in [0.25, 0.3) is 10.0 Å². The average molecular weight is 550 g/mol. The lowest BCUT2D eigenvalue weighted by Crippen LogP contribution is -2.48. The van der Waals surface area contributed by atoms with E-state index in [4.69, 9.17) is 14.0 Å². The van der Waals surface area contributed by atoms with Crippen LogP contribution in [0.15, 0.2) is 76.1 Å². The molecule has 10 heteroatoms. The molecule has 0 aliphatic carbocycles. The molecule has 0 fully saturated rings. The van der Waals surface area contributed by atoms with Crippen molar-refractivity contribution in [1.29, 1.82) is 0 Å². The van der Waals surface area contributed by atoms with E-state index >= 15 is 0 Å². The Morgan fingerprint density at radius 1 is 0.897 bits per heavy atom. The zero-order chi connectivity index (χ0) is 28.4. The van der Waals surface area contributed by atoms with Crippen molar-refractivity contribution in [3.05, 3.63) is 78.2 Å². The number of carbonyl (C=O) groups is 1. The third kappa shape index (κ3) is 6.58. The number of hydrogen-bond donors (Lipinski definition) is 2. The molecule has 1 heterocycles. The van der Waals surface area contributed by atoms with Gasteiger partial charge >= 0.3 is 6.03 Å². The largest absolute Gasteiger partial charge is 0.497 e. The second kappa shape index (κ2) is 10.8. The molecule has 1 aromatic heterocycles. The first-order valence-corrected chi connectivity index (χ1v) is 13.7. The van der Waals surface area contributed by atoms with E-state index in [1.807, 2.05) is 36.4 Å². The van der Waals surface area contributed by atoms with E-state index in [9.17, 15) is 13.2 Å². The highest BCUT2D eigenvalue weighted by atomic mass is 32.2. The second-order valence-electron chi connectivity index (χ2n) is 10.0. The van der Waals surface area contributed by atoms with E-state index in [0.29, 0.717) is 28.3 Å². The third-order valence-corrected chi connectivity index (χ3v) is 7.11. The van der Waals surface area contributed by atoms with Gasteiger partial charge in [-0.3, -0.25) is 0 Å². The molecule has 0 saturated carbocycles. The smallest absolute Gasteiger partial charge is 0.329 e. The van der Waals surface area contributed by atoms with Gasteiger partial charge in [-0.1, -0.05) is 35.5 Å². The minimum Gasteiger partial charge on any atom is -0.497 e. The zero-order valence-corrected chi connectivity index (χ0v) is 23.5. The molecular formula is C29H31N3O6S. The number of carbonyl (C=O) groups excluding carboxylic acids is 1. The predicted octanol–water partition coefficient (Wildman–Crippen LogP) is 6.21. The number of rotatable bonds is 7. The van der Waals surface area contributed by atoms with Crippen LogP contribution < -0.4 is 19.5 Å². The Morgan fingerprint density at radius 3 is 2.21 bits per heavy atom. The number of methoxy groups -OCH3 is 1. The van der Waals surface area contributed by atoms with E-state index in [2.05, 4.69) is 15.2 Å². The Morgan fingerprint density at radius 2 is 1.59 bits per heavy atom. The van der Waals surface area contributed by atoms with Gasteiger partial charge in [-0.15, -0.1) is 0 Å². The maximum atomic E-state index is 13.5. The van der Waals surface area contributed by atoms with Gasteiger partial charge in [0, 0.05) is 11.1 Å². The molecule has 4 rings (SSSR count). The fourth-order valence-corrected chi connectivity index (χ4v) is 5.11. The Hall–Kier alpha value is -4.31. The van der Waals surface area contributed by atoms with E-state index in [-0.39, 0.29) is 10.6 Å². The first kappa shape index (κ1) is 27.7. The number of amides is 2. The van der Waals surface area contributed by atoms with Crippen LogP contribution in [0.5, 0.6) is 17.2 Å². The molecule has 4 aromatic rings. The Bertz CT molecular complexity index is 1580. The molecular weight excluding hydrogens is 518 g/mol. The molecule has 0 aliphatic rings. The van der Waals surface area contributed by atoms with Crippen LogP contribution in [-0.2, 0) is 10.0 Å². The summed E-state index contributed by atoms with van der Waals surface area (Å²) in [6.07, 6.45) is 0. The van der Waals surface area contributed by atoms with Crippen LogP contribution in [0.2, 0.25) is 0 Å². The number of aromatic nitrogens is 1. The Balaban J connectivity index is 1.74. The van der Waals surface area contributed by atoms with E-state index in [1.54, 1.807) is 66.0 Å². The number of benzene rings is 3. The van der Waals surface area contributed by atoms with Crippen molar-refractivity contribution in [3.8, 4) is 39.5 Å². The first-order valence-electron chi connectivity index (χ1n) is 12.2. The summed E-state index contributed by atoms with van der Waals surface area (Å²) < 4.78 is 45.7. The van der Waals surface area contributed by atoms with E-state index in [1.165, 1.54) is 6.07 Å². The van der Waals surface area contributed by atoms with Gasteiger partial charge in [-0.25, -0.2) is 17.9 Å². The highest BCUT2D eigenvalue weighted by molar-refractivity contribution is 7.90. The maximum absolute atomic E-state index is 13.5. The van der Waals surface area contributed by atoms with Gasteiger partial charge in [-0.2, -0.15) is 0 Å².